The summed E-state index contributed by atoms with van der Waals surface area (Å²) < 4.78 is 0. The fourth-order valence-electron chi connectivity index (χ4n) is 3.94. The van der Waals surface area contributed by atoms with Crippen LogP contribution in [0, 0.1) is 5.92 Å². The highest BCUT2D eigenvalue weighted by atomic mass is 32.1. The minimum absolute atomic E-state index is 0.0666. The Labute approximate surface area is 146 Å². The van der Waals surface area contributed by atoms with Crippen molar-refractivity contribution in [1.29, 1.82) is 0 Å². The first-order chi connectivity index (χ1) is 11.7. The average Bonchev–Trinajstić information content (AvgIpc) is 3.13. The Morgan fingerprint density at radius 3 is 2.83 bits per heavy atom. The van der Waals surface area contributed by atoms with Crippen LogP contribution < -0.4 is 11.1 Å². The molecule has 1 unspecified atom stereocenters. The van der Waals surface area contributed by atoms with E-state index in [1.165, 1.54) is 37.3 Å². The van der Waals surface area contributed by atoms with Gasteiger partial charge in [-0.05, 0) is 60.5 Å². The van der Waals surface area contributed by atoms with Gasteiger partial charge in [0.1, 0.15) is 0 Å². The molecule has 5 heteroatoms. The highest BCUT2D eigenvalue weighted by Crippen LogP contribution is 2.31. The van der Waals surface area contributed by atoms with Gasteiger partial charge in [-0.3, -0.25) is 4.79 Å². The van der Waals surface area contributed by atoms with Crippen LogP contribution >= 0.6 is 11.3 Å². The largest absolute Gasteiger partial charge is 0.347 e. The Kier molecular flexibility index (Phi) is 4.39. The van der Waals surface area contributed by atoms with E-state index in [4.69, 9.17) is 5.73 Å². The van der Waals surface area contributed by atoms with Crippen molar-refractivity contribution in [1.82, 2.24) is 10.2 Å². The number of thiophene rings is 1. The normalized spacial score (nSPS) is 25.6. The van der Waals surface area contributed by atoms with Crippen LogP contribution in [0.1, 0.15) is 28.1 Å². The predicted octanol–water partition coefficient (Wildman–Crippen LogP) is 2.70. The van der Waals surface area contributed by atoms with E-state index in [0.717, 1.165) is 28.1 Å². The Bertz CT molecular complexity index is 734. The molecule has 1 amide bonds. The van der Waals surface area contributed by atoms with Gasteiger partial charge in [0.25, 0.3) is 5.91 Å². The number of amides is 1. The van der Waals surface area contributed by atoms with Gasteiger partial charge in [-0.2, -0.15) is 0 Å². The maximum Gasteiger partial charge on any atom is 0.262 e. The summed E-state index contributed by atoms with van der Waals surface area (Å²) in [7, 11) is 0. The maximum atomic E-state index is 12.9. The minimum atomic E-state index is 0.0666. The van der Waals surface area contributed by atoms with Crippen molar-refractivity contribution in [3.63, 3.8) is 0 Å². The monoisotopic (exact) mass is 341 g/mol. The zero-order valence-electron chi connectivity index (χ0n) is 13.7. The molecule has 2 bridgehead atoms. The number of fused-ring (bicyclic) bond motifs is 3. The van der Waals surface area contributed by atoms with Crippen molar-refractivity contribution < 1.29 is 4.79 Å². The Balaban J connectivity index is 1.54. The van der Waals surface area contributed by atoms with Gasteiger partial charge >= 0.3 is 0 Å². The van der Waals surface area contributed by atoms with Gasteiger partial charge in [0, 0.05) is 24.7 Å². The van der Waals surface area contributed by atoms with Crippen LogP contribution in [-0.2, 0) is 6.54 Å². The third kappa shape index (κ3) is 2.99. The van der Waals surface area contributed by atoms with Gasteiger partial charge in [0.05, 0.1) is 4.88 Å². The molecule has 0 aliphatic carbocycles. The molecule has 1 aromatic carbocycles. The number of hydrogen-bond acceptors (Lipinski definition) is 4. The fraction of sp³-hybridized carbons (Fsp3) is 0.421. The van der Waals surface area contributed by atoms with E-state index in [9.17, 15) is 4.79 Å². The fourth-order valence-corrected chi connectivity index (χ4v) is 4.76. The highest BCUT2D eigenvalue weighted by molar-refractivity contribution is 7.12. The zero-order valence-corrected chi connectivity index (χ0v) is 14.5. The smallest absolute Gasteiger partial charge is 0.262 e. The zero-order chi connectivity index (χ0) is 16.5. The molecule has 3 aliphatic rings. The van der Waals surface area contributed by atoms with E-state index in [0.29, 0.717) is 18.5 Å². The van der Waals surface area contributed by atoms with Crippen LogP contribution in [-0.4, -0.2) is 36.5 Å². The van der Waals surface area contributed by atoms with Crippen molar-refractivity contribution in [3.8, 4) is 11.1 Å². The predicted molar refractivity (Wildman–Crippen MR) is 98.1 cm³/mol. The number of carbonyl (C=O) groups excluding carboxylic acids is 1. The van der Waals surface area contributed by atoms with Gasteiger partial charge in [-0.15, -0.1) is 11.3 Å². The molecule has 0 radical (unpaired) electrons. The lowest BCUT2D eigenvalue weighted by Gasteiger charge is -2.44. The molecule has 3 N–H and O–H groups in total. The number of nitrogens with one attached hydrogen (secondary N) is 1. The van der Waals surface area contributed by atoms with E-state index in [1.54, 1.807) is 0 Å². The van der Waals surface area contributed by atoms with Gasteiger partial charge < -0.3 is 16.0 Å². The van der Waals surface area contributed by atoms with Crippen molar-refractivity contribution in [2.24, 2.45) is 11.7 Å². The highest BCUT2D eigenvalue weighted by Gasteiger charge is 2.35. The number of nitrogens with two attached hydrogens (primary N) is 1. The third-order valence-electron chi connectivity index (χ3n) is 5.32. The number of nitrogens with zero attached hydrogens (tertiary/aromatic N) is 1. The summed E-state index contributed by atoms with van der Waals surface area (Å²) in [6, 6.07) is 10.5. The SMILES string of the molecule is NCc1cccc(-c2ccsc2C(=O)NC2CN3CCC2CC3)c1. The molecule has 1 aromatic heterocycles. The van der Waals surface area contributed by atoms with E-state index in [-0.39, 0.29) is 5.91 Å². The second kappa shape index (κ2) is 6.67. The van der Waals surface area contributed by atoms with Crippen LogP contribution in [0.2, 0.25) is 0 Å². The molecule has 0 saturated carbocycles. The number of piperidine rings is 3. The Hall–Kier alpha value is -1.69. The lowest BCUT2D eigenvalue weighted by atomic mass is 9.84. The lowest BCUT2D eigenvalue weighted by Crippen LogP contribution is -2.57. The molecule has 3 aliphatic heterocycles. The summed E-state index contributed by atoms with van der Waals surface area (Å²) in [5.74, 6) is 0.708. The van der Waals surface area contributed by atoms with Crippen LogP contribution in [0.3, 0.4) is 0 Å². The van der Waals surface area contributed by atoms with Gasteiger partial charge in [0.2, 0.25) is 0 Å². The van der Waals surface area contributed by atoms with Crippen molar-refractivity contribution in [3.05, 3.63) is 46.2 Å². The molecule has 0 spiro atoms. The van der Waals surface area contributed by atoms with E-state index < -0.39 is 0 Å². The van der Waals surface area contributed by atoms with Crippen LogP contribution in [0.25, 0.3) is 11.1 Å². The summed E-state index contributed by atoms with van der Waals surface area (Å²) >= 11 is 1.52. The number of hydrogen-bond donors (Lipinski definition) is 2. The first kappa shape index (κ1) is 15.8. The Morgan fingerprint density at radius 2 is 2.12 bits per heavy atom. The third-order valence-corrected chi connectivity index (χ3v) is 6.23. The summed E-state index contributed by atoms with van der Waals surface area (Å²) in [5, 5.41) is 5.29. The van der Waals surface area contributed by atoms with Crippen LogP contribution in [0.5, 0.6) is 0 Å². The van der Waals surface area contributed by atoms with E-state index in [1.807, 2.05) is 29.6 Å². The van der Waals surface area contributed by atoms with Crippen molar-refractivity contribution >= 4 is 17.2 Å². The number of carbonyl (C=O) groups is 1. The Morgan fingerprint density at radius 1 is 1.29 bits per heavy atom. The van der Waals surface area contributed by atoms with Crippen molar-refractivity contribution in [2.75, 3.05) is 19.6 Å². The van der Waals surface area contributed by atoms with Crippen LogP contribution in [0.4, 0.5) is 0 Å². The van der Waals surface area contributed by atoms with E-state index >= 15 is 0 Å². The van der Waals surface area contributed by atoms with Crippen molar-refractivity contribution in [2.45, 2.75) is 25.4 Å². The number of benzene rings is 1. The molecule has 4 heterocycles. The molecule has 5 rings (SSSR count). The summed E-state index contributed by atoms with van der Waals surface area (Å²) in [6.07, 6.45) is 2.42. The molecule has 3 saturated heterocycles. The minimum Gasteiger partial charge on any atom is -0.347 e. The first-order valence-electron chi connectivity index (χ1n) is 8.64. The van der Waals surface area contributed by atoms with Gasteiger partial charge in [-0.1, -0.05) is 18.2 Å². The average molecular weight is 341 g/mol. The van der Waals surface area contributed by atoms with Gasteiger partial charge in [-0.25, -0.2) is 0 Å². The molecule has 24 heavy (non-hydrogen) atoms. The molecule has 2 aromatic rings. The molecular formula is C19H23N3OS. The molecule has 126 valence electrons. The van der Waals surface area contributed by atoms with E-state index in [2.05, 4.69) is 16.3 Å². The molecule has 3 fully saturated rings. The quantitative estimate of drug-likeness (QED) is 0.899. The lowest BCUT2D eigenvalue weighted by molar-refractivity contribution is 0.0623. The summed E-state index contributed by atoms with van der Waals surface area (Å²) in [5.41, 5.74) is 8.91. The second-order valence-electron chi connectivity index (χ2n) is 6.79. The standard InChI is InChI=1S/C19H23N3OS/c20-11-13-2-1-3-15(10-13)16-6-9-24-18(16)19(23)21-17-12-22-7-4-14(17)5-8-22/h1-3,6,9-10,14,17H,4-5,7-8,11-12,20H2,(H,21,23). The number of rotatable bonds is 4. The summed E-state index contributed by atoms with van der Waals surface area (Å²) in [4.78, 5) is 16.1. The molecule has 1 atom stereocenters. The molecule has 4 nitrogen and oxygen atoms in total. The molecular weight excluding hydrogens is 318 g/mol. The summed E-state index contributed by atoms with van der Waals surface area (Å²) in [6.45, 7) is 3.89. The maximum absolute atomic E-state index is 12.9. The topological polar surface area (TPSA) is 58.4 Å². The van der Waals surface area contributed by atoms with Gasteiger partial charge in [0.15, 0.2) is 0 Å². The first-order valence-corrected chi connectivity index (χ1v) is 9.52. The second-order valence-corrected chi connectivity index (χ2v) is 7.70. The van der Waals surface area contributed by atoms with Crippen LogP contribution in [0.15, 0.2) is 35.7 Å².